The first-order chi connectivity index (χ1) is 6.27. The van der Waals surface area contributed by atoms with Gasteiger partial charge in [0.2, 0.25) is 0 Å². The molecule has 0 aliphatic carbocycles. The van der Waals surface area contributed by atoms with E-state index in [4.69, 9.17) is 4.74 Å². The fourth-order valence-electron chi connectivity index (χ4n) is 2.10. The molecule has 0 fully saturated rings. The molecule has 0 radical (unpaired) electrons. The summed E-state index contributed by atoms with van der Waals surface area (Å²) in [7, 11) is 0.813. The number of hydrogen-bond acceptors (Lipinski definition) is 2. The Kier molecular flexibility index (Phi) is 5.94. The van der Waals surface area contributed by atoms with Crippen LogP contribution in [0.25, 0.3) is 0 Å². The van der Waals surface area contributed by atoms with Crippen molar-refractivity contribution in [2.45, 2.75) is 39.5 Å². The molecule has 0 aromatic heterocycles. The van der Waals surface area contributed by atoms with Gasteiger partial charge in [-0.2, -0.15) is 0 Å². The molecule has 1 N–H and O–H groups in total. The van der Waals surface area contributed by atoms with Crippen molar-refractivity contribution in [2.24, 2.45) is 5.41 Å². The average molecular weight is 217 g/mol. The van der Waals surface area contributed by atoms with Crippen molar-refractivity contribution in [3.63, 3.8) is 0 Å². The van der Waals surface area contributed by atoms with Crippen LogP contribution in [0.4, 0.5) is 0 Å². The summed E-state index contributed by atoms with van der Waals surface area (Å²) in [5, 5.41) is 3.45. The normalized spacial score (nSPS) is 13.3. The molecule has 0 aromatic rings. The van der Waals surface area contributed by atoms with Crippen molar-refractivity contribution in [3.8, 4) is 0 Å². The van der Waals surface area contributed by atoms with Gasteiger partial charge in [-0.05, 0) is 5.41 Å². The highest BCUT2D eigenvalue weighted by atomic mass is 28.3. The lowest BCUT2D eigenvalue weighted by atomic mass is 9.96. The summed E-state index contributed by atoms with van der Waals surface area (Å²) >= 11 is 0. The van der Waals surface area contributed by atoms with Gasteiger partial charge in [0.15, 0.2) is 0 Å². The summed E-state index contributed by atoms with van der Waals surface area (Å²) in [6.07, 6.45) is 0. The molecule has 0 saturated heterocycles. The summed E-state index contributed by atoms with van der Waals surface area (Å²) in [6.45, 7) is 14.9. The summed E-state index contributed by atoms with van der Waals surface area (Å²) < 4.78 is 5.00. The zero-order valence-corrected chi connectivity index (χ0v) is 11.7. The molecule has 14 heavy (non-hydrogen) atoms. The van der Waals surface area contributed by atoms with Gasteiger partial charge >= 0.3 is 0 Å². The van der Waals surface area contributed by atoms with Gasteiger partial charge in [0.1, 0.15) is 0 Å². The van der Waals surface area contributed by atoms with Crippen LogP contribution in [0.1, 0.15) is 13.8 Å². The molecule has 3 heteroatoms. The molecule has 0 atom stereocenters. The van der Waals surface area contributed by atoms with E-state index in [0.29, 0.717) is 5.41 Å². The Morgan fingerprint density at radius 1 is 1.21 bits per heavy atom. The van der Waals surface area contributed by atoms with Crippen molar-refractivity contribution in [3.05, 3.63) is 0 Å². The van der Waals surface area contributed by atoms with Gasteiger partial charge in [-0.3, -0.25) is 0 Å². The molecular weight excluding hydrogens is 190 g/mol. The number of ether oxygens (including phenoxy) is 1. The third-order valence-corrected chi connectivity index (χ3v) is 4.11. The van der Waals surface area contributed by atoms with E-state index in [0.717, 1.165) is 19.7 Å². The standard InChI is InChI=1S/C11H27NOSi/c1-11(2,10-14(4,5)6)9-12-7-8-13-3/h12H,7-10H2,1-6H3. The van der Waals surface area contributed by atoms with Crippen LogP contribution >= 0.6 is 0 Å². The van der Waals surface area contributed by atoms with Crippen molar-refractivity contribution >= 4 is 8.07 Å². The summed E-state index contributed by atoms with van der Waals surface area (Å²) in [5.41, 5.74) is 0.429. The molecule has 0 bridgehead atoms. The van der Waals surface area contributed by atoms with E-state index in [2.05, 4.69) is 38.8 Å². The zero-order valence-electron chi connectivity index (χ0n) is 10.7. The summed E-state index contributed by atoms with van der Waals surface area (Å²) in [4.78, 5) is 0. The molecule has 0 heterocycles. The predicted molar refractivity (Wildman–Crippen MR) is 66.7 cm³/mol. The van der Waals surface area contributed by atoms with Crippen LogP contribution in [0.5, 0.6) is 0 Å². The van der Waals surface area contributed by atoms with Crippen molar-refractivity contribution in [1.82, 2.24) is 5.32 Å². The van der Waals surface area contributed by atoms with Gasteiger partial charge in [0.05, 0.1) is 6.61 Å². The maximum absolute atomic E-state index is 5.00. The molecule has 0 spiro atoms. The second kappa shape index (κ2) is 5.88. The quantitative estimate of drug-likeness (QED) is 0.523. The van der Waals surface area contributed by atoms with Gasteiger partial charge in [0, 0.05) is 28.3 Å². The van der Waals surface area contributed by atoms with Crippen LogP contribution in [0.2, 0.25) is 25.7 Å². The second-order valence-electron chi connectivity index (χ2n) is 6.07. The molecule has 86 valence electrons. The second-order valence-corrected chi connectivity index (χ2v) is 11.5. The summed E-state index contributed by atoms with van der Waals surface area (Å²) in [5.74, 6) is 0. The first-order valence-corrected chi connectivity index (χ1v) is 9.17. The fourth-order valence-corrected chi connectivity index (χ4v) is 5.10. The number of nitrogens with one attached hydrogen (secondary N) is 1. The van der Waals surface area contributed by atoms with Crippen LogP contribution in [0, 0.1) is 5.41 Å². The van der Waals surface area contributed by atoms with Gasteiger partial charge in [0.25, 0.3) is 0 Å². The third kappa shape index (κ3) is 8.72. The maximum atomic E-state index is 5.00. The number of methoxy groups -OCH3 is 1. The van der Waals surface area contributed by atoms with E-state index in [1.807, 2.05) is 0 Å². The first kappa shape index (κ1) is 14.1. The monoisotopic (exact) mass is 217 g/mol. The van der Waals surface area contributed by atoms with Crippen molar-refractivity contribution in [1.29, 1.82) is 0 Å². The number of hydrogen-bond donors (Lipinski definition) is 1. The molecule has 0 amide bonds. The highest BCUT2D eigenvalue weighted by Crippen LogP contribution is 2.27. The predicted octanol–water partition coefficient (Wildman–Crippen LogP) is 2.59. The lowest BCUT2D eigenvalue weighted by Gasteiger charge is -2.31. The van der Waals surface area contributed by atoms with Gasteiger partial charge in [-0.15, -0.1) is 0 Å². The van der Waals surface area contributed by atoms with Gasteiger partial charge in [-0.25, -0.2) is 0 Å². The lowest BCUT2D eigenvalue weighted by molar-refractivity contribution is 0.195. The maximum Gasteiger partial charge on any atom is 0.0587 e. The highest BCUT2D eigenvalue weighted by molar-refractivity contribution is 6.76. The fraction of sp³-hybridized carbons (Fsp3) is 1.00. The van der Waals surface area contributed by atoms with Crippen LogP contribution in [-0.4, -0.2) is 34.9 Å². The van der Waals surface area contributed by atoms with Crippen LogP contribution in [0.3, 0.4) is 0 Å². The van der Waals surface area contributed by atoms with Gasteiger partial charge < -0.3 is 10.1 Å². The minimum Gasteiger partial charge on any atom is -0.383 e. The first-order valence-electron chi connectivity index (χ1n) is 5.46. The molecule has 2 nitrogen and oxygen atoms in total. The molecule has 0 aromatic carbocycles. The highest BCUT2D eigenvalue weighted by Gasteiger charge is 2.26. The van der Waals surface area contributed by atoms with Crippen LogP contribution < -0.4 is 5.32 Å². The molecule has 0 aliphatic heterocycles. The Labute approximate surface area is 90.4 Å². The van der Waals surface area contributed by atoms with E-state index < -0.39 is 8.07 Å². The largest absolute Gasteiger partial charge is 0.383 e. The molecule has 0 unspecified atom stereocenters. The van der Waals surface area contributed by atoms with Gasteiger partial charge in [-0.1, -0.05) is 39.5 Å². The lowest BCUT2D eigenvalue weighted by Crippen LogP contribution is -2.37. The Bertz CT molecular complexity index is 152. The van der Waals surface area contributed by atoms with E-state index in [1.165, 1.54) is 6.04 Å². The third-order valence-electron chi connectivity index (χ3n) is 2.10. The Balaban J connectivity index is 3.72. The number of rotatable bonds is 7. The van der Waals surface area contributed by atoms with E-state index in [1.54, 1.807) is 7.11 Å². The molecule has 0 aliphatic rings. The Morgan fingerprint density at radius 3 is 2.21 bits per heavy atom. The molecule has 0 rings (SSSR count). The van der Waals surface area contributed by atoms with Crippen molar-refractivity contribution in [2.75, 3.05) is 26.8 Å². The van der Waals surface area contributed by atoms with Crippen molar-refractivity contribution < 1.29 is 4.74 Å². The summed E-state index contributed by atoms with van der Waals surface area (Å²) in [6, 6.07) is 1.37. The van der Waals surface area contributed by atoms with E-state index in [9.17, 15) is 0 Å². The Morgan fingerprint density at radius 2 is 1.79 bits per heavy atom. The molecule has 0 saturated carbocycles. The SMILES string of the molecule is COCCNCC(C)(C)C[Si](C)(C)C. The Hall–Kier alpha value is 0.137. The minimum atomic E-state index is -0.932. The minimum absolute atomic E-state index is 0.429. The van der Waals surface area contributed by atoms with E-state index >= 15 is 0 Å². The van der Waals surface area contributed by atoms with Crippen LogP contribution in [-0.2, 0) is 4.74 Å². The molecular formula is C11H27NOSi. The smallest absolute Gasteiger partial charge is 0.0587 e. The van der Waals surface area contributed by atoms with Crippen LogP contribution in [0.15, 0.2) is 0 Å². The zero-order chi connectivity index (χ0) is 11.2. The topological polar surface area (TPSA) is 21.3 Å². The average Bonchev–Trinajstić information content (AvgIpc) is 1.93. The van der Waals surface area contributed by atoms with E-state index in [-0.39, 0.29) is 0 Å².